The number of allylic oxidation sites excluding steroid dienone is 2. The van der Waals surface area contributed by atoms with E-state index in [4.69, 9.17) is 0 Å². The molecule has 2 aliphatic carbocycles. The molecule has 0 radical (unpaired) electrons. The zero-order valence-electron chi connectivity index (χ0n) is 11.2. The van der Waals surface area contributed by atoms with E-state index in [0.29, 0.717) is 11.8 Å². The van der Waals surface area contributed by atoms with Gasteiger partial charge in [0.05, 0.1) is 5.60 Å². The zero-order valence-corrected chi connectivity index (χ0v) is 11.2. The van der Waals surface area contributed by atoms with Gasteiger partial charge in [0.2, 0.25) is 0 Å². The van der Waals surface area contributed by atoms with E-state index in [0.717, 1.165) is 19.3 Å². The summed E-state index contributed by atoms with van der Waals surface area (Å²) in [6, 6.07) is 0. The van der Waals surface area contributed by atoms with Crippen LogP contribution in [0.3, 0.4) is 0 Å². The lowest BCUT2D eigenvalue weighted by atomic mass is 9.67. The van der Waals surface area contributed by atoms with Gasteiger partial charge in [-0.15, -0.1) is 0 Å². The van der Waals surface area contributed by atoms with Crippen LogP contribution in [0.15, 0.2) is 11.6 Å². The molecule has 0 aromatic heterocycles. The molecule has 0 bridgehead atoms. The fourth-order valence-corrected chi connectivity index (χ4v) is 3.92. The van der Waals surface area contributed by atoms with E-state index in [-0.39, 0.29) is 5.41 Å². The minimum atomic E-state index is -0.421. The Hall–Kier alpha value is -0.300. The normalized spacial score (nSPS) is 44.1. The number of hydrogen-bond acceptors (Lipinski definition) is 1. The molecule has 2 rings (SSSR count). The highest BCUT2D eigenvalue weighted by molar-refractivity contribution is 5.15. The monoisotopic (exact) mass is 222 g/mol. The van der Waals surface area contributed by atoms with Gasteiger partial charge in [-0.2, -0.15) is 0 Å². The number of fused-ring (bicyclic) bond motifs is 1. The standard InChI is InChI=1S/C15H26O/c1-11(2)13-7-9-14(4)8-5-12(3)6-10-15(13,14)16/h5,11,13,16H,6-10H2,1-4H3/t13-,14+,15+/m1/s1. The second-order valence-electron chi connectivity index (χ2n) is 6.63. The van der Waals surface area contributed by atoms with E-state index in [1.54, 1.807) is 0 Å². The summed E-state index contributed by atoms with van der Waals surface area (Å²) in [6.07, 6.45) is 7.87. The molecule has 1 nitrogen and oxygen atoms in total. The Morgan fingerprint density at radius 2 is 2.06 bits per heavy atom. The average molecular weight is 222 g/mol. The van der Waals surface area contributed by atoms with Gasteiger partial charge in [-0.05, 0) is 50.9 Å². The highest BCUT2D eigenvalue weighted by Crippen LogP contribution is 2.57. The summed E-state index contributed by atoms with van der Waals surface area (Å²) in [4.78, 5) is 0. The number of rotatable bonds is 1. The summed E-state index contributed by atoms with van der Waals surface area (Å²) in [5.74, 6) is 1.10. The van der Waals surface area contributed by atoms with Crippen molar-refractivity contribution in [1.82, 2.24) is 0 Å². The first kappa shape index (κ1) is 12.2. The number of aliphatic hydroxyl groups is 1. The summed E-state index contributed by atoms with van der Waals surface area (Å²) in [7, 11) is 0. The van der Waals surface area contributed by atoms with Gasteiger partial charge in [-0.3, -0.25) is 0 Å². The van der Waals surface area contributed by atoms with Crippen LogP contribution in [0.4, 0.5) is 0 Å². The van der Waals surface area contributed by atoms with Crippen LogP contribution in [0.1, 0.15) is 59.8 Å². The Balaban J connectivity index is 2.32. The third-order valence-electron chi connectivity index (χ3n) is 5.27. The SMILES string of the molecule is CC1=CC[C@@]2(C)CC[C@H](C(C)C)[C@@]2(O)CC1. The molecule has 16 heavy (non-hydrogen) atoms. The van der Waals surface area contributed by atoms with E-state index in [2.05, 4.69) is 33.8 Å². The summed E-state index contributed by atoms with van der Waals surface area (Å²) >= 11 is 0. The van der Waals surface area contributed by atoms with Crippen molar-refractivity contribution < 1.29 is 5.11 Å². The molecule has 1 saturated carbocycles. The molecule has 0 aromatic carbocycles. The quantitative estimate of drug-likeness (QED) is 0.667. The van der Waals surface area contributed by atoms with Gasteiger partial charge in [0.15, 0.2) is 0 Å². The minimum Gasteiger partial charge on any atom is -0.389 e. The van der Waals surface area contributed by atoms with Crippen molar-refractivity contribution in [3.8, 4) is 0 Å². The average Bonchev–Trinajstić information content (AvgIpc) is 2.41. The Morgan fingerprint density at radius 1 is 1.38 bits per heavy atom. The lowest BCUT2D eigenvalue weighted by Gasteiger charge is -2.43. The molecule has 0 heterocycles. The zero-order chi connectivity index (χ0) is 12.0. The Labute approximate surface area is 99.9 Å². The van der Waals surface area contributed by atoms with E-state index < -0.39 is 5.60 Å². The minimum absolute atomic E-state index is 0.125. The van der Waals surface area contributed by atoms with E-state index in [1.165, 1.54) is 18.4 Å². The second kappa shape index (κ2) is 3.87. The molecule has 2 aliphatic rings. The van der Waals surface area contributed by atoms with Crippen LogP contribution in [0, 0.1) is 17.3 Å². The van der Waals surface area contributed by atoms with Gasteiger partial charge in [0.25, 0.3) is 0 Å². The maximum atomic E-state index is 11.2. The van der Waals surface area contributed by atoms with Gasteiger partial charge in [-0.25, -0.2) is 0 Å². The van der Waals surface area contributed by atoms with Crippen molar-refractivity contribution in [3.63, 3.8) is 0 Å². The van der Waals surface area contributed by atoms with Gasteiger partial charge in [0.1, 0.15) is 0 Å². The van der Waals surface area contributed by atoms with Crippen LogP contribution in [0.25, 0.3) is 0 Å². The molecule has 92 valence electrons. The predicted octanol–water partition coefficient (Wildman–Crippen LogP) is 3.92. The summed E-state index contributed by atoms with van der Waals surface area (Å²) in [5, 5.41) is 11.2. The van der Waals surface area contributed by atoms with Crippen molar-refractivity contribution in [3.05, 3.63) is 11.6 Å². The topological polar surface area (TPSA) is 20.2 Å². The van der Waals surface area contributed by atoms with Crippen LogP contribution in [-0.2, 0) is 0 Å². The van der Waals surface area contributed by atoms with Crippen molar-refractivity contribution >= 4 is 0 Å². The molecular weight excluding hydrogens is 196 g/mol. The van der Waals surface area contributed by atoms with Crippen LogP contribution in [-0.4, -0.2) is 10.7 Å². The van der Waals surface area contributed by atoms with Crippen molar-refractivity contribution in [2.75, 3.05) is 0 Å². The summed E-state index contributed by atoms with van der Waals surface area (Å²) in [6.45, 7) is 9.03. The molecule has 3 atom stereocenters. The lowest BCUT2D eigenvalue weighted by Crippen LogP contribution is -2.47. The van der Waals surface area contributed by atoms with Crippen LogP contribution < -0.4 is 0 Å². The molecule has 1 N–H and O–H groups in total. The van der Waals surface area contributed by atoms with Gasteiger partial charge in [0, 0.05) is 5.41 Å². The number of hydrogen-bond donors (Lipinski definition) is 1. The van der Waals surface area contributed by atoms with Crippen molar-refractivity contribution in [1.29, 1.82) is 0 Å². The largest absolute Gasteiger partial charge is 0.389 e. The Morgan fingerprint density at radius 3 is 2.69 bits per heavy atom. The molecule has 1 heteroatoms. The third-order valence-corrected chi connectivity index (χ3v) is 5.27. The summed E-state index contributed by atoms with van der Waals surface area (Å²) in [5.41, 5.74) is 1.17. The molecule has 0 aromatic rings. The van der Waals surface area contributed by atoms with Crippen LogP contribution in [0.5, 0.6) is 0 Å². The fraction of sp³-hybridized carbons (Fsp3) is 0.867. The van der Waals surface area contributed by atoms with E-state index in [1.807, 2.05) is 0 Å². The molecule has 0 spiro atoms. The smallest absolute Gasteiger partial charge is 0.0737 e. The lowest BCUT2D eigenvalue weighted by molar-refractivity contribution is -0.0975. The predicted molar refractivity (Wildman–Crippen MR) is 68.2 cm³/mol. The van der Waals surface area contributed by atoms with Crippen LogP contribution in [0.2, 0.25) is 0 Å². The summed E-state index contributed by atoms with van der Waals surface area (Å²) < 4.78 is 0. The first-order chi connectivity index (χ1) is 7.39. The molecule has 1 fully saturated rings. The van der Waals surface area contributed by atoms with E-state index >= 15 is 0 Å². The van der Waals surface area contributed by atoms with Gasteiger partial charge < -0.3 is 5.11 Å². The first-order valence-electron chi connectivity index (χ1n) is 6.77. The van der Waals surface area contributed by atoms with Gasteiger partial charge >= 0.3 is 0 Å². The highest BCUT2D eigenvalue weighted by Gasteiger charge is 2.56. The van der Waals surface area contributed by atoms with Crippen molar-refractivity contribution in [2.45, 2.75) is 65.4 Å². The Kier molecular flexibility index (Phi) is 2.94. The molecule has 0 aliphatic heterocycles. The molecular formula is C15H26O. The van der Waals surface area contributed by atoms with Crippen LogP contribution >= 0.6 is 0 Å². The first-order valence-corrected chi connectivity index (χ1v) is 6.77. The molecule has 0 saturated heterocycles. The second-order valence-corrected chi connectivity index (χ2v) is 6.63. The van der Waals surface area contributed by atoms with E-state index in [9.17, 15) is 5.11 Å². The third kappa shape index (κ3) is 1.64. The highest BCUT2D eigenvalue weighted by atomic mass is 16.3. The van der Waals surface area contributed by atoms with Gasteiger partial charge in [-0.1, -0.05) is 32.4 Å². The fourth-order valence-electron chi connectivity index (χ4n) is 3.92. The maximum absolute atomic E-state index is 11.2. The molecule has 0 amide bonds. The van der Waals surface area contributed by atoms with Crippen molar-refractivity contribution in [2.24, 2.45) is 17.3 Å². The Bertz CT molecular complexity index is 305. The maximum Gasteiger partial charge on any atom is 0.0737 e. The molecule has 0 unspecified atom stereocenters.